The largest absolute Gasteiger partial charge is 0.393 e. The summed E-state index contributed by atoms with van der Waals surface area (Å²) in [5.74, 6) is -2.32. The molecule has 1 aliphatic rings. The van der Waals surface area contributed by atoms with Gasteiger partial charge in [0.05, 0.1) is 13.1 Å². The van der Waals surface area contributed by atoms with Crippen molar-refractivity contribution in [2.75, 3.05) is 19.6 Å². The van der Waals surface area contributed by atoms with Crippen molar-refractivity contribution in [3.8, 4) is 0 Å². The average molecular weight is 287 g/mol. The highest BCUT2D eigenvalue weighted by molar-refractivity contribution is 5.90. The molecule has 0 N–H and O–H groups in total. The predicted molar refractivity (Wildman–Crippen MR) is 69.5 cm³/mol. The molecule has 1 heterocycles. The van der Waals surface area contributed by atoms with Crippen molar-refractivity contribution in [3.05, 3.63) is 0 Å². The Balaban J connectivity index is 0.00000172. The molecule has 0 saturated carbocycles. The molecule has 0 aromatic carbocycles. The lowest BCUT2D eigenvalue weighted by atomic mass is 10.2. The number of morpholine rings is 1. The van der Waals surface area contributed by atoms with Crippen molar-refractivity contribution >= 4 is 23.9 Å². The second kappa shape index (κ2) is 10.1. The molecule has 0 aromatic heterocycles. The monoisotopic (exact) mass is 287 g/mol. The highest BCUT2D eigenvalue weighted by Crippen LogP contribution is 2.03. The van der Waals surface area contributed by atoms with Crippen LogP contribution < -0.4 is 0 Å². The molecular weight excluding hydrogens is 266 g/mol. The normalized spacial score (nSPS) is 14.9. The maximum atomic E-state index is 11.2. The van der Waals surface area contributed by atoms with Gasteiger partial charge in [0.2, 0.25) is 0 Å². The van der Waals surface area contributed by atoms with Gasteiger partial charge >= 0.3 is 23.9 Å². The van der Waals surface area contributed by atoms with Crippen LogP contribution in [0.4, 0.5) is 0 Å². The maximum Gasteiger partial charge on any atom is 0.327 e. The third kappa shape index (κ3) is 7.63. The standard InChI is InChI=1S/C11H15NO6.C2H6/c1-2-8(13)17-9(14)4-3-5-12-6-10(15)18-11(16)7-12;1-2/h2-7H2,1H3;1-2H3. The fraction of sp³-hybridized carbons (Fsp3) is 0.692. The molecular formula is C13H21NO6. The van der Waals surface area contributed by atoms with E-state index in [9.17, 15) is 19.2 Å². The van der Waals surface area contributed by atoms with Crippen LogP contribution in [0.5, 0.6) is 0 Å². The van der Waals surface area contributed by atoms with Gasteiger partial charge in [-0.25, -0.2) is 0 Å². The van der Waals surface area contributed by atoms with Crippen LogP contribution in [0, 0.1) is 0 Å². The molecule has 7 heteroatoms. The summed E-state index contributed by atoms with van der Waals surface area (Å²) in [6, 6.07) is 0. The predicted octanol–water partition coefficient (Wildman–Crippen LogP) is 0.658. The number of hydrogen-bond donors (Lipinski definition) is 0. The lowest BCUT2D eigenvalue weighted by Gasteiger charge is -2.23. The lowest BCUT2D eigenvalue weighted by molar-refractivity contribution is -0.166. The summed E-state index contributed by atoms with van der Waals surface area (Å²) in [6.07, 6.45) is 0.639. The van der Waals surface area contributed by atoms with Crippen LogP contribution >= 0.6 is 0 Å². The van der Waals surface area contributed by atoms with Crippen LogP contribution in [0.15, 0.2) is 0 Å². The number of carbonyl (C=O) groups excluding carboxylic acids is 4. The van der Waals surface area contributed by atoms with Gasteiger partial charge in [0.15, 0.2) is 0 Å². The Kier molecular flexibility index (Phi) is 9.19. The minimum absolute atomic E-state index is 0.0364. The van der Waals surface area contributed by atoms with Gasteiger partial charge in [0, 0.05) is 12.8 Å². The average Bonchev–Trinajstić information content (AvgIpc) is 2.39. The molecule has 1 aliphatic heterocycles. The van der Waals surface area contributed by atoms with E-state index in [0.29, 0.717) is 13.0 Å². The number of hydrogen-bond acceptors (Lipinski definition) is 7. The van der Waals surface area contributed by atoms with Crippen molar-refractivity contribution in [1.29, 1.82) is 0 Å². The number of ether oxygens (including phenoxy) is 2. The van der Waals surface area contributed by atoms with Crippen LogP contribution in [-0.4, -0.2) is 48.4 Å². The van der Waals surface area contributed by atoms with Gasteiger partial charge in [-0.15, -0.1) is 0 Å². The van der Waals surface area contributed by atoms with E-state index in [0.717, 1.165) is 0 Å². The Morgan fingerprint density at radius 1 is 1.15 bits per heavy atom. The third-order valence-corrected chi connectivity index (χ3v) is 2.30. The van der Waals surface area contributed by atoms with Gasteiger partial charge in [-0.05, 0) is 13.0 Å². The van der Waals surface area contributed by atoms with Crippen LogP contribution in [0.3, 0.4) is 0 Å². The Morgan fingerprint density at radius 3 is 2.20 bits per heavy atom. The van der Waals surface area contributed by atoms with Gasteiger partial charge in [-0.2, -0.15) is 0 Å². The zero-order valence-electron chi connectivity index (χ0n) is 12.1. The summed E-state index contributed by atoms with van der Waals surface area (Å²) in [5, 5.41) is 0. The molecule has 1 saturated heterocycles. The summed E-state index contributed by atoms with van der Waals surface area (Å²) in [7, 11) is 0. The van der Waals surface area contributed by atoms with Gasteiger partial charge in [0.1, 0.15) is 0 Å². The van der Waals surface area contributed by atoms with E-state index >= 15 is 0 Å². The number of cyclic esters (lactones) is 2. The van der Waals surface area contributed by atoms with Gasteiger partial charge in [0.25, 0.3) is 0 Å². The van der Waals surface area contributed by atoms with E-state index in [-0.39, 0.29) is 25.9 Å². The number of nitrogens with zero attached hydrogens (tertiary/aromatic N) is 1. The van der Waals surface area contributed by atoms with E-state index in [4.69, 9.17) is 0 Å². The first-order valence-electron chi connectivity index (χ1n) is 6.70. The second-order valence-electron chi connectivity index (χ2n) is 3.86. The van der Waals surface area contributed by atoms with Crippen molar-refractivity contribution in [1.82, 2.24) is 4.90 Å². The SMILES string of the molecule is CC.CCC(=O)OC(=O)CCCN1CC(=O)OC(=O)C1. The van der Waals surface area contributed by atoms with Gasteiger partial charge in [-0.3, -0.25) is 24.1 Å². The molecule has 0 amide bonds. The Morgan fingerprint density at radius 2 is 1.70 bits per heavy atom. The lowest BCUT2D eigenvalue weighted by Crippen LogP contribution is -2.43. The molecule has 0 aromatic rings. The molecule has 20 heavy (non-hydrogen) atoms. The summed E-state index contributed by atoms with van der Waals surface area (Å²) in [6.45, 7) is 6.07. The van der Waals surface area contributed by atoms with E-state index in [1.54, 1.807) is 11.8 Å². The number of esters is 4. The minimum Gasteiger partial charge on any atom is -0.393 e. The molecule has 1 fully saturated rings. The summed E-state index contributed by atoms with van der Waals surface area (Å²) >= 11 is 0. The first kappa shape index (κ1) is 18.2. The second-order valence-corrected chi connectivity index (χ2v) is 3.86. The Hall–Kier alpha value is -1.76. The van der Waals surface area contributed by atoms with Crippen molar-refractivity contribution in [2.45, 2.75) is 40.0 Å². The van der Waals surface area contributed by atoms with E-state index in [1.165, 1.54) is 0 Å². The summed E-state index contributed by atoms with van der Waals surface area (Å²) in [5.41, 5.74) is 0. The van der Waals surface area contributed by atoms with Crippen LogP contribution in [0.25, 0.3) is 0 Å². The minimum atomic E-state index is -0.590. The molecule has 7 nitrogen and oxygen atoms in total. The quantitative estimate of drug-likeness (QED) is 0.542. The summed E-state index contributed by atoms with van der Waals surface area (Å²) in [4.78, 5) is 45.5. The molecule has 0 aliphatic carbocycles. The molecule has 0 unspecified atom stereocenters. The van der Waals surface area contributed by atoms with E-state index < -0.39 is 23.9 Å². The van der Waals surface area contributed by atoms with Crippen molar-refractivity contribution in [2.24, 2.45) is 0 Å². The Labute approximate surface area is 118 Å². The maximum absolute atomic E-state index is 11.2. The smallest absolute Gasteiger partial charge is 0.327 e. The zero-order valence-corrected chi connectivity index (χ0v) is 12.1. The van der Waals surface area contributed by atoms with Crippen molar-refractivity contribution < 1.29 is 28.7 Å². The highest BCUT2D eigenvalue weighted by Gasteiger charge is 2.24. The van der Waals surface area contributed by atoms with Gasteiger partial charge < -0.3 is 9.47 Å². The third-order valence-electron chi connectivity index (χ3n) is 2.30. The van der Waals surface area contributed by atoms with Gasteiger partial charge in [-0.1, -0.05) is 20.8 Å². The first-order chi connectivity index (χ1) is 9.51. The molecule has 1 rings (SSSR count). The highest BCUT2D eigenvalue weighted by atomic mass is 16.6. The number of rotatable bonds is 5. The zero-order chi connectivity index (χ0) is 15.5. The first-order valence-corrected chi connectivity index (χ1v) is 6.70. The fourth-order valence-electron chi connectivity index (χ4n) is 1.47. The molecule has 0 bridgehead atoms. The molecule has 0 atom stereocenters. The van der Waals surface area contributed by atoms with Crippen LogP contribution in [0.2, 0.25) is 0 Å². The summed E-state index contributed by atoms with van der Waals surface area (Å²) < 4.78 is 8.83. The van der Waals surface area contributed by atoms with E-state index in [1.807, 2.05) is 13.8 Å². The fourth-order valence-corrected chi connectivity index (χ4v) is 1.47. The Bertz CT molecular complexity index is 350. The van der Waals surface area contributed by atoms with Crippen molar-refractivity contribution in [3.63, 3.8) is 0 Å². The van der Waals surface area contributed by atoms with Crippen LogP contribution in [0.1, 0.15) is 40.0 Å². The number of carbonyl (C=O) groups is 4. The van der Waals surface area contributed by atoms with E-state index in [2.05, 4.69) is 9.47 Å². The van der Waals surface area contributed by atoms with Crippen LogP contribution in [-0.2, 0) is 28.7 Å². The molecule has 114 valence electrons. The topological polar surface area (TPSA) is 90.0 Å². The molecule has 0 radical (unpaired) electrons. The molecule has 0 spiro atoms.